The number of halogens is 2. The van der Waals surface area contributed by atoms with Crippen molar-refractivity contribution >= 4 is 28.9 Å². The van der Waals surface area contributed by atoms with Gasteiger partial charge < -0.3 is 11.1 Å². The molecule has 0 fully saturated rings. The average molecular weight is 253 g/mol. The Hall–Kier alpha value is -1.88. The maximum absolute atomic E-state index is 13.5. The molecule has 1 heterocycles. The summed E-state index contributed by atoms with van der Waals surface area (Å²) in [7, 11) is 0. The predicted molar refractivity (Wildman–Crippen MR) is 65.9 cm³/mol. The maximum Gasteiger partial charge on any atom is 0.148 e. The quantitative estimate of drug-likeness (QED) is 0.863. The molecule has 1 aromatic carbocycles. The highest BCUT2D eigenvalue weighted by atomic mass is 35.5. The summed E-state index contributed by atoms with van der Waals surface area (Å²) in [4.78, 5) is 7.83. The van der Waals surface area contributed by atoms with Crippen LogP contribution in [-0.4, -0.2) is 9.97 Å². The highest BCUT2D eigenvalue weighted by Gasteiger charge is 2.07. The molecule has 0 radical (unpaired) electrons. The van der Waals surface area contributed by atoms with Crippen molar-refractivity contribution in [1.29, 1.82) is 0 Å². The predicted octanol–water partition coefficient (Wildman–Crippen LogP) is 2.90. The molecule has 0 amide bonds. The highest BCUT2D eigenvalue weighted by molar-refractivity contribution is 6.30. The van der Waals surface area contributed by atoms with E-state index in [4.69, 9.17) is 17.3 Å². The lowest BCUT2D eigenvalue weighted by molar-refractivity contribution is 0.632. The Labute approximate surface area is 103 Å². The van der Waals surface area contributed by atoms with E-state index in [0.717, 1.165) is 0 Å². The first-order chi connectivity index (χ1) is 8.08. The van der Waals surface area contributed by atoms with Gasteiger partial charge in [0.05, 0.1) is 5.69 Å². The minimum absolute atomic E-state index is 0.288. The van der Waals surface area contributed by atoms with E-state index in [9.17, 15) is 4.39 Å². The molecule has 0 aliphatic carbocycles. The second-order valence-corrected chi connectivity index (χ2v) is 3.92. The first-order valence-corrected chi connectivity index (χ1v) is 5.25. The van der Waals surface area contributed by atoms with E-state index in [1.54, 1.807) is 13.0 Å². The number of anilines is 3. The maximum atomic E-state index is 13.5. The SMILES string of the molecule is Cc1c(N)ncnc1Nc1ccc(Cl)cc1F. The number of nitrogens with two attached hydrogens (primary N) is 1. The summed E-state index contributed by atoms with van der Waals surface area (Å²) in [6.07, 6.45) is 1.32. The molecular formula is C11H10ClFN4. The van der Waals surface area contributed by atoms with Crippen LogP contribution in [0.25, 0.3) is 0 Å². The molecule has 0 atom stereocenters. The second kappa shape index (κ2) is 4.55. The van der Waals surface area contributed by atoms with Gasteiger partial charge in [0.15, 0.2) is 0 Å². The molecule has 1 aromatic heterocycles. The van der Waals surface area contributed by atoms with Crippen LogP contribution >= 0.6 is 11.6 Å². The Morgan fingerprint density at radius 3 is 2.82 bits per heavy atom. The molecule has 0 aliphatic heterocycles. The molecule has 0 bridgehead atoms. The summed E-state index contributed by atoms with van der Waals surface area (Å²) in [5, 5.41) is 3.18. The third-order valence-electron chi connectivity index (χ3n) is 2.31. The second-order valence-electron chi connectivity index (χ2n) is 3.48. The third kappa shape index (κ3) is 2.45. The minimum atomic E-state index is -0.450. The molecule has 2 rings (SSSR count). The van der Waals surface area contributed by atoms with Crippen molar-refractivity contribution in [1.82, 2.24) is 9.97 Å². The Morgan fingerprint density at radius 1 is 1.35 bits per heavy atom. The highest BCUT2D eigenvalue weighted by Crippen LogP contribution is 2.24. The van der Waals surface area contributed by atoms with Gasteiger partial charge in [-0.25, -0.2) is 14.4 Å². The van der Waals surface area contributed by atoms with Gasteiger partial charge in [-0.1, -0.05) is 11.6 Å². The molecule has 3 N–H and O–H groups in total. The van der Waals surface area contributed by atoms with Crippen molar-refractivity contribution in [3.8, 4) is 0 Å². The van der Waals surface area contributed by atoms with Gasteiger partial charge in [0.2, 0.25) is 0 Å². The number of hydrogen-bond acceptors (Lipinski definition) is 4. The van der Waals surface area contributed by atoms with Crippen LogP contribution in [-0.2, 0) is 0 Å². The summed E-state index contributed by atoms with van der Waals surface area (Å²) in [6, 6.07) is 4.35. The monoisotopic (exact) mass is 252 g/mol. The van der Waals surface area contributed by atoms with Crippen molar-refractivity contribution in [2.24, 2.45) is 0 Å². The van der Waals surface area contributed by atoms with Crippen molar-refractivity contribution in [3.63, 3.8) is 0 Å². The molecule has 0 saturated heterocycles. The zero-order valence-corrected chi connectivity index (χ0v) is 9.79. The molecule has 17 heavy (non-hydrogen) atoms. The van der Waals surface area contributed by atoms with Crippen LogP contribution in [0.3, 0.4) is 0 Å². The van der Waals surface area contributed by atoms with E-state index in [0.29, 0.717) is 22.2 Å². The Kier molecular flexibility index (Phi) is 3.10. The van der Waals surface area contributed by atoms with Crippen LogP contribution in [0.15, 0.2) is 24.5 Å². The number of nitrogens with zero attached hydrogens (tertiary/aromatic N) is 2. The normalized spacial score (nSPS) is 10.3. The van der Waals surface area contributed by atoms with Crippen LogP contribution in [0.1, 0.15) is 5.56 Å². The third-order valence-corrected chi connectivity index (χ3v) is 2.54. The molecule has 0 aliphatic rings. The van der Waals surface area contributed by atoms with E-state index in [2.05, 4.69) is 15.3 Å². The van der Waals surface area contributed by atoms with E-state index in [-0.39, 0.29) is 5.69 Å². The van der Waals surface area contributed by atoms with Gasteiger partial charge in [0, 0.05) is 10.6 Å². The zero-order chi connectivity index (χ0) is 12.4. The van der Waals surface area contributed by atoms with Crippen LogP contribution < -0.4 is 11.1 Å². The number of rotatable bonds is 2. The fraction of sp³-hybridized carbons (Fsp3) is 0.0909. The minimum Gasteiger partial charge on any atom is -0.383 e. The van der Waals surface area contributed by atoms with Gasteiger partial charge in [0.25, 0.3) is 0 Å². The van der Waals surface area contributed by atoms with E-state index in [1.807, 2.05) is 0 Å². The first kappa shape index (κ1) is 11.6. The molecule has 88 valence electrons. The largest absolute Gasteiger partial charge is 0.383 e. The molecule has 6 heteroatoms. The van der Waals surface area contributed by atoms with Crippen molar-refractivity contribution < 1.29 is 4.39 Å². The molecule has 4 nitrogen and oxygen atoms in total. The van der Waals surface area contributed by atoms with Crippen molar-refractivity contribution in [2.75, 3.05) is 11.1 Å². The van der Waals surface area contributed by atoms with Crippen LogP contribution in [0.5, 0.6) is 0 Å². The topological polar surface area (TPSA) is 63.8 Å². The fourth-order valence-electron chi connectivity index (χ4n) is 1.31. The van der Waals surface area contributed by atoms with Crippen molar-refractivity contribution in [3.05, 3.63) is 40.9 Å². The van der Waals surface area contributed by atoms with E-state index < -0.39 is 5.82 Å². The van der Waals surface area contributed by atoms with Gasteiger partial charge in [-0.3, -0.25) is 0 Å². The number of nitrogens with one attached hydrogen (secondary N) is 1. The summed E-state index contributed by atoms with van der Waals surface area (Å²) in [5.74, 6) is 0.379. The Morgan fingerprint density at radius 2 is 2.12 bits per heavy atom. The van der Waals surface area contributed by atoms with Crippen molar-refractivity contribution in [2.45, 2.75) is 6.92 Å². The van der Waals surface area contributed by atoms with Crippen LogP contribution in [0.2, 0.25) is 5.02 Å². The van der Waals surface area contributed by atoms with Gasteiger partial charge in [-0.05, 0) is 25.1 Å². The standard InChI is InChI=1S/C11H10ClFN4/c1-6-10(14)15-5-16-11(6)17-9-3-2-7(12)4-8(9)13/h2-5H,1H3,(H3,14,15,16,17). The molecular weight excluding hydrogens is 243 g/mol. The smallest absolute Gasteiger partial charge is 0.148 e. The fourth-order valence-corrected chi connectivity index (χ4v) is 1.47. The average Bonchev–Trinajstić information content (AvgIpc) is 2.28. The molecule has 2 aromatic rings. The summed E-state index contributed by atoms with van der Waals surface area (Å²) < 4.78 is 13.5. The summed E-state index contributed by atoms with van der Waals surface area (Å²) in [6.45, 7) is 1.76. The molecule has 0 spiro atoms. The summed E-state index contributed by atoms with van der Waals surface area (Å²) in [5.41, 5.74) is 6.59. The van der Waals surface area contributed by atoms with Gasteiger partial charge in [-0.2, -0.15) is 0 Å². The lowest BCUT2D eigenvalue weighted by atomic mass is 10.2. The van der Waals surface area contributed by atoms with Crippen LogP contribution in [0, 0.1) is 12.7 Å². The van der Waals surface area contributed by atoms with E-state index in [1.165, 1.54) is 18.5 Å². The number of nitrogen functional groups attached to an aromatic ring is 1. The summed E-state index contributed by atoms with van der Waals surface area (Å²) >= 11 is 5.66. The lowest BCUT2D eigenvalue weighted by Gasteiger charge is -2.10. The number of hydrogen-bond donors (Lipinski definition) is 2. The van der Waals surface area contributed by atoms with Gasteiger partial charge in [0.1, 0.15) is 23.8 Å². The Balaban J connectivity index is 2.35. The lowest BCUT2D eigenvalue weighted by Crippen LogP contribution is -2.03. The van der Waals surface area contributed by atoms with Gasteiger partial charge in [-0.15, -0.1) is 0 Å². The molecule has 0 unspecified atom stereocenters. The number of aromatic nitrogens is 2. The van der Waals surface area contributed by atoms with Gasteiger partial charge >= 0.3 is 0 Å². The Bertz CT molecular complexity index is 559. The number of benzene rings is 1. The van der Waals surface area contributed by atoms with E-state index >= 15 is 0 Å². The zero-order valence-electron chi connectivity index (χ0n) is 9.04. The molecule has 0 saturated carbocycles. The first-order valence-electron chi connectivity index (χ1n) is 4.87. The van der Waals surface area contributed by atoms with Crippen LogP contribution in [0.4, 0.5) is 21.7 Å².